The summed E-state index contributed by atoms with van der Waals surface area (Å²) in [4.78, 5) is 0. The Labute approximate surface area is 141 Å². The molecule has 20 heavy (non-hydrogen) atoms. The Bertz CT molecular complexity index is 268. The van der Waals surface area contributed by atoms with Crippen LogP contribution in [-0.2, 0) is 20.4 Å². The van der Waals surface area contributed by atoms with Crippen molar-refractivity contribution in [3.05, 3.63) is 24.3 Å². The van der Waals surface area contributed by atoms with Crippen molar-refractivity contribution >= 4 is 7.92 Å². The van der Waals surface area contributed by atoms with Gasteiger partial charge >= 0.3 is 0 Å². The predicted molar refractivity (Wildman–Crippen MR) is 89.5 cm³/mol. The minimum atomic E-state index is 0. The van der Waals surface area contributed by atoms with Crippen LogP contribution in [0.2, 0.25) is 0 Å². The molecule has 0 aromatic heterocycles. The Morgan fingerprint density at radius 3 is 1.75 bits per heavy atom. The van der Waals surface area contributed by atoms with Crippen molar-refractivity contribution in [1.82, 2.24) is 0 Å². The van der Waals surface area contributed by atoms with Crippen molar-refractivity contribution in [3.8, 4) is 0 Å². The van der Waals surface area contributed by atoms with Crippen LogP contribution in [0.3, 0.4) is 0 Å². The fourth-order valence-corrected chi connectivity index (χ4v) is 7.41. The van der Waals surface area contributed by atoms with Gasteiger partial charge in [-0.05, 0) is 50.1 Å². The molecule has 0 amide bonds. The van der Waals surface area contributed by atoms with Gasteiger partial charge in [0.05, 0.1) is 0 Å². The summed E-state index contributed by atoms with van der Waals surface area (Å²) in [7, 11) is 0.266. The van der Waals surface area contributed by atoms with Crippen LogP contribution in [-0.4, -0.2) is 17.5 Å². The van der Waals surface area contributed by atoms with Crippen molar-refractivity contribution in [3.63, 3.8) is 0 Å². The Morgan fingerprint density at radius 1 is 0.800 bits per heavy atom. The third kappa shape index (κ3) is 6.14. The molecule has 2 aliphatic carbocycles. The first-order chi connectivity index (χ1) is 9.42. The molecule has 2 aliphatic rings. The van der Waals surface area contributed by atoms with Crippen molar-refractivity contribution in [2.75, 3.05) is 6.16 Å². The molecule has 118 valence electrons. The largest absolute Gasteiger partial charge is 0.0965 e. The van der Waals surface area contributed by atoms with Gasteiger partial charge in [0.25, 0.3) is 0 Å². The van der Waals surface area contributed by atoms with Gasteiger partial charge in [-0.25, -0.2) is 0 Å². The van der Waals surface area contributed by atoms with Gasteiger partial charge in [-0.15, -0.1) is 0 Å². The number of rotatable bonds is 5. The van der Waals surface area contributed by atoms with E-state index in [0.717, 1.165) is 11.3 Å². The maximum absolute atomic E-state index is 2.47. The second-order valence-electron chi connectivity index (χ2n) is 6.23. The molecule has 0 saturated heterocycles. The maximum Gasteiger partial charge on any atom is 0 e. The molecular weight excluding hydrogens is 354 g/mol. The molecular formula is C18H31PPd. The summed E-state index contributed by atoms with van der Waals surface area (Å²) >= 11 is 0. The minimum Gasteiger partial charge on any atom is -0.0965 e. The van der Waals surface area contributed by atoms with Crippen LogP contribution >= 0.6 is 7.92 Å². The summed E-state index contributed by atoms with van der Waals surface area (Å²) in [5.74, 6) is 0. The van der Waals surface area contributed by atoms with Gasteiger partial charge in [0.15, 0.2) is 0 Å². The van der Waals surface area contributed by atoms with Crippen molar-refractivity contribution in [1.29, 1.82) is 0 Å². The van der Waals surface area contributed by atoms with E-state index >= 15 is 0 Å². The maximum atomic E-state index is 2.47. The van der Waals surface area contributed by atoms with E-state index in [4.69, 9.17) is 0 Å². The second kappa shape index (κ2) is 11.2. The zero-order valence-electron chi connectivity index (χ0n) is 13.0. The third-order valence-corrected chi connectivity index (χ3v) is 8.38. The van der Waals surface area contributed by atoms with E-state index in [1.54, 1.807) is 25.7 Å². The molecule has 0 bridgehead atoms. The normalized spacial score (nSPS) is 22.7. The summed E-state index contributed by atoms with van der Waals surface area (Å²) in [5, 5.41) is 0. The topological polar surface area (TPSA) is 0 Å². The Hall–Kier alpha value is 0.572. The van der Waals surface area contributed by atoms with Crippen LogP contribution in [0.4, 0.5) is 0 Å². The van der Waals surface area contributed by atoms with Gasteiger partial charge < -0.3 is 0 Å². The van der Waals surface area contributed by atoms with E-state index in [1.807, 2.05) is 0 Å². The Kier molecular flexibility index (Phi) is 10.4. The molecule has 0 aromatic rings. The SMILES string of the molecule is CC=CC=CCP(C1CCCCC1)C1CCCCC1.[Pd]. The van der Waals surface area contributed by atoms with Crippen LogP contribution in [0, 0.1) is 0 Å². The number of allylic oxidation sites excluding steroid dienone is 4. The summed E-state index contributed by atoms with van der Waals surface area (Å²) in [6.07, 6.45) is 25.7. The van der Waals surface area contributed by atoms with Crippen molar-refractivity contribution in [2.24, 2.45) is 0 Å². The molecule has 2 rings (SSSR count). The van der Waals surface area contributed by atoms with Gasteiger partial charge in [-0.2, -0.15) is 0 Å². The van der Waals surface area contributed by atoms with Crippen LogP contribution < -0.4 is 0 Å². The van der Waals surface area contributed by atoms with Gasteiger partial charge in [0.1, 0.15) is 0 Å². The first-order valence-corrected chi connectivity index (χ1v) is 10.1. The summed E-state index contributed by atoms with van der Waals surface area (Å²) in [6, 6.07) is 0. The molecule has 2 fully saturated rings. The molecule has 0 aliphatic heterocycles. The summed E-state index contributed by atoms with van der Waals surface area (Å²) in [6.45, 7) is 2.11. The van der Waals surface area contributed by atoms with E-state index in [1.165, 1.54) is 44.7 Å². The molecule has 0 spiro atoms. The monoisotopic (exact) mass is 384 g/mol. The number of hydrogen-bond acceptors (Lipinski definition) is 0. The smallest absolute Gasteiger partial charge is 0 e. The van der Waals surface area contributed by atoms with Crippen molar-refractivity contribution in [2.45, 2.75) is 82.4 Å². The van der Waals surface area contributed by atoms with Gasteiger partial charge in [0.2, 0.25) is 0 Å². The van der Waals surface area contributed by atoms with E-state index < -0.39 is 0 Å². The molecule has 0 heterocycles. The second-order valence-corrected chi connectivity index (χ2v) is 9.09. The van der Waals surface area contributed by atoms with Gasteiger partial charge in [0, 0.05) is 20.4 Å². The van der Waals surface area contributed by atoms with Gasteiger partial charge in [-0.3, -0.25) is 0 Å². The quantitative estimate of drug-likeness (QED) is 0.298. The van der Waals surface area contributed by atoms with E-state index in [0.29, 0.717) is 0 Å². The Balaban J connectivity index is 0.00000200. The molecule has 2 heteroatoms. The average molecular weight is 385 g/mol. The molecule has 0 nitrogen and oxygen atoms in total. The Morgan fingerprint density at radius 2 is 1.30 bits per heavy atom. The summed E-state index contributed by atoms with van der Waals surface area (Å²) < 4.78 is 0. The molecule has 0 atom stereocenters. The zero-order valence-corrected chi connectivity index (χ0v) is 15.5. The molecule has 0 aromatic carbocycles. The first-order valence-electron chi connectivity index (χ1n) is 8.45. The molecule has 0 unspecified atom stereocenters. The van der Waals surface area contributed by atoms with Crippen LogP contribution in [0.25, 0.3) is 0 Å². The van der Waals surface area contributed by atoms with E-state index in [9.17, 15) is 0 Å². The average Bonchev–Trinajstić information content (AvgIpc) is 2.49. The number of hydrogen-bond donors (Lipinski definition) is 0. The standard InChI is InChI=1S/C18H31P.Pd/c1-2-3-4-11-16-19(17-12-7-5-8-13-17)18-14-9-6-10-15-18;/h2-4,11,17-18H,5-10,12-16H2,1H3;. The zero-order chi connectivity index (χ0) is 13.3. The van der Waals surface area contributed by atoms with Crippen LogP contribution in [0.5, 0.6) is 0 Å². The molecule has 0 N–H and O–H groups in total. The van der Waals surface area contributed by atoms with Crippen LogP contribution in [0.15, 0.2) is 24.3 Å². The molecule has 0 radical (unpaired) electrons. The van der Waals surface area contributed by atoms with Crippen LogP contribution in [0.1, 0.15) is 71.1 Å². The summed E-state index contributed by atoms with van der Waals surface area (Å²) in [5.41, 5.74) is 2.20. The predicted octanol–water partition coefficient (Wildman–Crippen LogP) is 6.26. The minimum absolute atomic E-state index is 0. The third-order valence-electron chi connectivity index (χ3n) is 4.84. The van der Waals surface area contributed by atoms with E-state index in [2.05, 4.69) is 31.2 Å². The molecule has 2 saturated carbocycles. The van der Waals surface area contributed by atoms with Crippen molar-refractivity contribution < 1.29 is 20.4 Å². The van der Waals surface area contributed by atoms with Gasteiger partial charge in [-0.1, -0.05) is 70.8 Å². The van der Waals surface area contributed by atoms with E-state index in [-0.39, 0.29) is 28.3 Å². The first kappa shape index (κ1) is 18.6. The fourth-order valence-electron chi connectivity index (χ4n) is 3.79. The fraction of sp³-hybridized carbons (Fsp3) is 0.778.